The maximum atomic E-state index is 12.7. The van der Waals surface area contributed by atoms with E-state index in [1.807, 2.05) is 0 Å². The number of fused-ring (bicyclic) bond motifs is 2. The van der Waals surface area contributed by atoms with Gasteiger partial charge in [-0.15, -0.1) is 0 Å². The summed E-state index contributed by atoms with van der Waals surface area (Å²) in [5.74, 6) is 0.201. The summed E-state index contributed by atoms with van der Waals surface area (Å²) in [4.78, 5) is 11.7. The summed E-state index contributed by atoms with van der Waals surface area (Å²) in [6.45, 7) is 1.64. The first kappa shape index (κ1) is 15.8. The lowest BCUT2D eigenvalue weighted by atomic mass is 10.2. The lowest BCUT2D eigenvalue weighted by molar-refractivity contribution is -0.122. The van der Waals surface area contributed by atoms with Crippen LogP contribution < -0.4 is 14.8 Å². The molecular formula is C15H12N4O4S2. The van der Waals surface area contributed by atoms with Gasteiger partial charge in [-0.25, -0.2) is 8.42 Å². The molecule has 10 heteroatoms. The molecule has 1 amide bonds. The molecule has 0 bridgehead atoms. The highest BCUT2D eigenvalue weighted by molar-refractivity contribution is 7.93. The summed E-state index contributed by atoms with van der Waals surface area (Å²) < 4.78 is 41.5. The van der Waals surface area contributed by atoms with E-state index < -0.39 is 16.1 Å². The van der Waals surface area contributed by atoms with Crippen LogP contribution in [0.15, 0.2) is 41.3 Å². The third-order valence-corrected chi connectivity index (χ3v) is 5.66. The Bertz CT molecular complexity index is 1090. The minimum atomic E-state index is -3.86. The standard InChI is InChI=1S/C15H12N4O4S2/c1-8-15(20)16-11-7-9(5-6-12(11)23-8)19-25(21,22)13-4-2-3-10-14(13)18-24-17-10/h2-8,19H,1H3,(H,16,20). The number of aromatic nitrogens is 2. The van der Waals surface area contributed by atoms with E-state index in [0.29, 0.717) is 28.2 Å². The van der Waals surface area contributed by atoms with Crippen molar-refractivity contribution in [3.63, 3.8) is 0 Å². The minimum absolute atomic E-state index is 0.0466. The summed E-state index contributed by atoms with van der Waals surface area (Å²) in [5.41, 5.74) is 1.56. The monoisotopic (exact) mass is 376 g/mol. The second kappa shape index (κ2) is 5.67. The first-order valence-electron chi connectivity index (χ1n) is 7.30. The molecule has 2 heterocycles. The van der Waals surface area contributed by atoms with E-state index in [2.05, 4.69) is 18.8 Å². The fourth-order valence-electron chi connectivity index (χ4n) is 2.48. The van der Waals surface area contributed by atoms with Gasteiger partial charge in [-0.05, 0) is 37.3 Å². The predicted octanol–water partition coefficient (Wildman–Crippen LogP) is 2.21. The van der Waals surface area contributed by atoms with Crippen molar-refractivity contribution in [2.45, 2.75) is 17.9 Å². The van der Waals surface area contributed by atoms with Crippen LogP contribution in [0.3, 0.4) is 0 Å². The van der Waals surface area contributed by atoms with Crippen molar-refractivity contribution in [3.8, 4) is 5.75 Å². The molecule has 0 aliphatic carbocycles. The molecule has 4 rings (SSSR count). The van der Waals surface area contributed by atoms with Gasteiger partial charge in [0.05, 0.1) is 23.1 Å². The van der Waals surface area contributed by atoms with Crippen LogP contribution >= 0.6 is 11.7 Å². The van der Waals surface area contributed by atoms with Crippen molar-refractivity contribution < 1.29 is 17.9 Å². The first-order chi connectivity index (χ1) is 11.9. The number of carbonyl (C=O) groups excluding carboxylic acids is 1. The van der Waals surface area contributed by atoms with Gasteiger partial charge in [0.15, 0.2) is 6.10 Å². The molecule has 0 spiro atoms. The topological polar surface area (TPSA) is 110 Å². The van der Waals surface area contributed by atoms with Crippen molar-refractivity contribution in [2.75, 3.05) is 10.0 Å². The van der Waals surface area contributed by atoms with Crippen LogP contribution in [0.2, 0.25) is 0 Å². The molecule has 0 radical (unpaired) electrons. The largest absolute Gasteiger partial charge is 0.479 e. The maximum Gasteiger partial charge on any atom is 0.265 e. The summed E-state index contributed by atoms with van der Waals surface area (Å²) in [6, 6.07) is 9.46. The number of amides is 1. The number of benzene rings is 2. The van der Waals surface area contributed by atoms with Gasteiger partial charge in [0.25, 0.3) is 15.9 Å². The number of nitrogens with zero attached hydrogens (tertiary/aromatic N) is 2. The fourth-order valence-corrected chi connectivity index (χ4v) is 4.30. The van der Waals surface area contributed by atoms with E-state index in [1.54, 1.807) is 31.2 Å². The Morgan fingerprint density at radius 3 is 2.92 bits per heavy atom. The number of sulfonamides is 1. The third kappa shape index (κ3) is 2.79. The van der Waals surface area contributed by atoms with Gasteiger partial charge in [-0.3, -0.25) is 9.52 Å². The number of nitrogens with one attached hydrogen (secondary N) is 2. The Morgan fingerprint density at radius 1 is 1.24 bits per heavy atom. The van der Waals surface area contributed by atoms with Crippen LogP contribution in [0.25, 0.3) is 11.0 Å². The summed E-state index contributed by atoms with van der Waals surface area (Å²) in [6.07, 6.45) is -0.593. The Morgan fingerprint density at radius 2 is 2.08 bits per heavy atom. The van der Waals surface area contributed by atoms with Gasteiger partial charge in [-0.1, -0.05) is 6.07 Å². The smallest absolute Gasteiger partial charge is 0.265 e. The van der Waals surface area contributed by atoms with Crippen molar-refractivity contribution in [3.05, 3.63) is 36.4 Å². The number of hydrogen-bond donors (Lipinski definition) is 2. The molecule has 0 saturated carbocycles. The second-order valence-corrected chi connectivity index (χ2v) is 7.63. The van der Waals surface area contributed by atoms with Crippen molar-refractivity contribution in [2.24, 2.45) is 0 Å². The van der Waals surface area contributed by atoms with E-state index in [4.69, 9.17) is 4.74 Å². The quantitative estimate of drug-likeness (QED) is 0.725. The number of carbonyl (C=O) groups is 1. The Hall–Kier alpha value is -2.72. The molecule has 1 unspecified atom stereocenters. The zero-order valence-electron chi connectivity index (χ0n) is 12.9. The SMILES string of the molecule is CC1Oc2ccc(NS(=O)(=O)c3cccc4nsnc34)cc2NC1=O. The van der Waals surface area contributed by atoms with E-state index in [0.717, 1.165) is 11.7 Å². The molecule has 1 aliphatic rings. The van der Waals surface area contributed by atoms with E-state index in [9.17, 15) is 13.2 Å². The van der Waals surface area contributed by atoms with E-state index in [1.165, 1.54) is 12.1 Å². The summed E-state index contributed by atoms with van der Waals surface area (Å²) in [5, 5.41) is 2.68. The van der Waals surface area contributed by atoms with Crippen LogP contribution in [-0.4, -0.2) is 29.2 Å². The van der Waals surface area contributed by atoms with Gasteiger partial charge >= 0.3 is 0 Å². The molecule has 25 heavy (non-hydrogen) atoms. The van der Waals surface area contributed by atoms with Gasteiger partial charge in [-0.2, -0.15) is 8.75 Å². The van der Waals surface area contributed by atoms with E-state index >= 15 is 0 Å². The Labute approximate surface area is 147 Å². The fraction of sp³-hybridized carbons (Fsp3) is 0.133. The zero-order valence-corrected chi connectivity index (χ0v) is 14.5. The molecule has 0 fully saturated rings. The van der Waals surface area contributed by atoms with Gasteiger partial charge < -0.3 is 10.1 Å². The predicted molar refractivity (Wildman–Crippen MR) is 93.4 cm³/mol. The lowest BCUT2D eigenvalue weighted by Crippen LogP contribution is -2.34. The van der Waals surface area contributed by atoms with Crippen LogP contribution in [0.4, 0.5) is 11.4 Å². The van der Waals surface area contributed by atoms with Crippen molar-refractivity contribution in [1.82, 2.24) is 8.75 Å². The van der Waals surface area contributed by atoms with E-state index in [-0.39, 0.29) is 10.8 Å². The molecule has 1 atom stereocenters. The van der Waals surface area contributed by atoms with Gasteiger partial charge in [0.1, 0.15) is 21.7 Å². The van der Waals surface area contributed by atoms with Crippen LogP contribution in [0.5, 0.6) is 5.75 Å². The third-order valence-electron chi connectivity index (χ3n) is 3.70. The molecule has 0 saturated heterocycles. The lowest BCUT2D eigenvalue weighted by Gasteiger charge is -2.23. The van der Waals surface area contributed by atoms with Crippen molar-refractivity contribution >= 4 is 50.1 Å². The normalized spacial score (nSPS) is 16.8. The number of hydrogen-bond acceptors (Lipinski definition) is 7. The minimum Gasteiger partial charge on any atom is -0.479 e. The van der Waals surface area contributed by atoms with Crippen LogP contribution in [0.1, 0.15) is 6.92 Å². The summed E-state index contributed by atoms with van der Waals surface area (Å²) in [7, 11) is -3.86. The average molecular weight is 376 g/mol. The molecule has 2 N–H and O–H groups in total. The zero-order chi connectivity index (χ0) is 17.6. The summed E-state index contributed by atoms with van der Waals surface area (Å²) >= 11 is 0.952. The average Bonchev–Trinajstić information content (AvgIpc) is 3.04. The highest BCUT2D eigenvalue weighted by Crippen LogP contribution is 2.33. The number of ether oxygens (including phenoxy) is 1. The highest BCUT2D eigenvalue weighted by atomic mass is 32.2. The molecule has 128 valence electrons. The molecule has 1 aromatic heterocycles. The second-order valence-electron chi connectivity index (χ2n) is 5.45. The first-order valence-corrected chi connectivity index (χ1v) is 9.51. The molecule has 2 aromatic carbocycles. The Balaban J connectivity index is 1.69. The number of anilines is 2. The Kier molecular flexibility index (Phi) is 3.58. The van der Waals surface area contributed by atoms with Crippen molar-refractivity contribution in [1.29, 1.82) is 0 Å². The molecular weight excluding hydrogens is 364 g/mol. The van der Waals surface area contributed by atoms with Crippen LogP contribution in [0, 0.1) is 0 Å². The van der Waals surface area contributed by atoms with Crippen LogP contribution in [-0.2, 0) is 14.8 Å². The number of rotatable bonds is 3. The van der Waals surface area contributed by atoms with Gasteiger partial charge in [0.2, 0.25) is 0 Å². The van der Waals surface area contributed by atoms with Gasteiger partial charge in [0, 0.05) is 0 Å². The molecule has 8 nitrogen and oxygen atoms in total. The highest BCUT2D eigenvalue weighted by Gasteiger charge is 2.25. The molecule has 1 aliphatic heterocycles. The molecule has 3 aromatic rings. The maximum absolute atomic E-state index is 12.7.